The number of Topliss-reactive ketones (excluding diaryl/α,β-unsaturated/α-hetero) is 2. The first kappa shape index (κ1) is 27.8. The molecule has 4 nitrogen and oxygen atoms in total. The summed E-state index contributed by atoms with van der Waals surface area (Å²) in [5.74, 6) is 0.0591. The van der Waals surface area contributed by atoms with E-state index in [9.17, 15) is 9.59 Å². The number of hydrogen-bond acceptors (Lipinski definition) is 4. The van der Waals surface area contributed by atoms with Crippen LogP contribution in [0.25, 0.3) is 0 Å². The maximum Gasteiger partial charge on any atom is 0.150 e. The Balaban J connectivity index is 3.42. The van der Waals surface area contributed by atoms with E-state index < -0.39 is 10.8 Å². The Morgan fingerprint density at radius 1 is 1.29 bits per heavy atom. The van der Waals surface area contributed by atoms with Gasteiger partial charge in [-0.2, -0.15) is 0 Å². The molecule has 1 aliphatic carbocycles. The molecule has 1 rings (SSSR count). The first-order valence-corrected chi connectivity index (χ1v) is 11.7. The highest BCUT2D eigenvalue weighted by molar-refractivity contribution is 6.10. The van der Waals surface area contributed by atoms with Crippen LogP contribution < -0.4 is 0 Å². The second-order valence-corrected chi connectivity index (χ2v) is 11.0. The summed E-state index contributed by atoms with van der Waals surface area (Å²) in [6.07, 6.45) is 7.55. The third-order valence-electron chi connectivity index (χ3n) is 7.35. The average Bonchev–Trinajstić information content (AvgIpc) is 2.67. The summed E-state index contributed by atoms with van der Waals surface area (Å²) in [6, 6.07) is 0. The fourth-order valence-corrected chi connectivity index (χ4v) is 5.24. The maximum absolute atomic E-state index is 14.0. The molecular formula is C27H46O4. The first-order chi connectivity index (χ1) is 14.3. The van der Waals surface area contributed by atoms with E-state index in [1.54, 1.807) is 13.2 Å². The molecule has 0 amide bonds. The van der Waals surface area contributed by atoms with E-state index in [1.807, 2.05) is 13.8 Å². The van der Waals surface area contributed by atoms with Crippen molar-refractivity contribution in [3.05, 3.63) is 24.3 Å². The summed E-state index contributed by atoms with van der Waals surface area (Å²) >= 11 is 0. The lowest BCUT2D eigenvalue weighted by molar-refractivity contribution is -0.166. The molecule has 3 atom stereocenters. The Kier molecular flexibility index (Phi) is 9.90. The van der Waals surface area contributed by atoms with Crippen molar-refractivity contribution in [2.24, 2.45) is 28.6 Å². The fourth-order valence-electron chi connectivity index (χ4n) is 5.24. The number of ether oxygens (including phenoxy) is 2. The molecule has 0 saturated heterocycles. The van der Waals surface area contributed by atoms with Crippen LogP contribution >= 0.6 is 0 Å². The monoisotopic (exact) mass is 434 g/mol. The minimum atomic E-state index is -1.02. The van der Waals surface area contributed by atoms with Gasteiger partial charge in [0.05, 0.1) is 11.0 Å². The van der Waals surface area contributed by atoms with E-state index in [0.29, 0.717) is 12.8 Å². The van der Waals surface area contributed by atoms with Gasteiger partial charge >= 0.3 is 0 Å². The number of methoxy groups -OCH3 is 1. The molecule has 1 saturated carbocycles. The topological polar surface area (TPSA) is 52.6 Å². The quantitative estimate of drug-likeness (QED) is 0.199. The van der Waals surface area contributed by atoms with Crippen molar-refractivity contribution in [1.82, 2.24) is 0 Å². The molecule has 1 aliphatic rings. The molecule has 0 bridgehead atoms. The van der Waals surface area contributed by atoms with Crippen LogP contribution in [0.1, 0.15) is 87.5 Å². The van der Waals surface area contributed by atoms with E-state index in [0.717, 1.165) is 19.3 Å². The molecule has 1 fully saturated rings. The van der Waals surface area contributed by atoms with Gasteiger partial charge in [0.25, 0.3) is 0 Å². The zero-order valence-corrected chi connectivity index (χ0v) is 21.5. The summed E-state index contributed by atoms with van der Waals surface area (Å²) in [5.41, 5.74) is -0.610. The zero-order chi connectivity index (χ0) is 24.0. The summed E-state index contributed by atoms with van der Waals surface area (Å²) in [6.45, 7) is 20.5. The van der Waals surface area contributed by atoms with Crippen molar-refractivity contribution in [2.75, 3.05) is 13.9 Å². The smallest absolute Gasteiger partial charge is 0.150 e. The lowest BCUT2D eigenvalue weighted by Gasteiger charge is -2.55. The standard InChI is InChI=1S/C27H46O4/c1-11-15-27(23(28)20(4)5)24(29)21(13-12-19(2)3)17-22(26(27,8)9)14-16-25(6,7)31-18-30-10/h11-12,20-22H,1,13-18H2,2-10H3/t21-,22+,27-/m1/s1. The molecule has 0 aromatic heterocycles. The number of carbonyl (C=O) groups is 2. The molecule has 0 N–H and O–H groups in total. The van der Waals surface area contributed by atoms with Crippen LogP contribution in [0.2, 0.25) is 0 Å². The number of carbonyl (C=O) groups excluding carboxylic acids is 2. The van der Waals surface area contributed by atoms with Crippen LogP contribution in [0.4, 0.5) is 0 Å². The second kappa shape index (κ2) is 11.0. The Morgan fingerprint density at radius 3 is 2.39 bits per heavy atom. The molecule has 31 heavy (non-hydrogen) atoms. The maximum atomic E-state index is 14.0. The van der Waals surface area contributed by atoms with E-state index in [4.69, 9.17) is 9.47 Å². The van der Waals surface area contributed by atoms with Crippen molar-refractivity contribution in [3.63, 3.8) is 0 Å². The molecule has 0 aliphatic heterocycles. The predicted octanol–water partition coefficient (Wildman–Crippen LogP) is 6.54. The van der Waals surface area contributed by atoms with Gasteiger partial charge in [-0.15, -0.1) is 6.58 Å². The molecule has 0 radical (unpaired) electrons. The molecule has 0 aromatic rings. The molecule has 4 heteroatoms. The predicted molar refractivity (Wildman–Crippen MR) is 128 cm³/mol. The first-order valence-electron chi connectivity index (χ1n) is 11.7. The number of ketones is 2. The number of rotatable bonds is 12. The Morgan fingerprint density at radius 2 is 1.90 bits per heavy atom. The van der Waals surface area contributed by atoms with Crippen molar-refractivity contribution >= 4 is 11.6 Å². The van der Waals surface area contributed by atoms with Gasteiger partial charge in [-0.05, 0) is 71.1 Å². The summed E-state index contributed by atoms with van der Waals surface area (Å²) in [4.78, 5) is 27.6. The Hall–Kier alpha value is -1.26. The number of hydrogen-bond donors (Lipinski definition) is 0. The molecule has 0 unspecified atom stereocenters. The van der Waals surface area contributed by atoms with Gasteiger partial charge < -0.3 is 9.47 Å². The van der Waals surface area contributed by atoms with E-state index in [2.05, 4.69) is 54.2 Å². The SMILES string of the molecule is C=CC[C@@]1(C(=O)C(C)C)C(=O)[C@H](CC=C(C)C)C[C@H](CCC(C)(C)OCOC)C1(C)C. The van der Waals surface area contributed by atoms with Crippen molar-refractivity contribution in [1.29, 1.82) is 0 Å². The van der Waals surface area contributed by atoms with Gasteiger partial charge in [0.2, 0.25) is 0 Å². The van der Waals surface area contributed by atoms with Gasteiger partial charge in [0.1, 0.15) is 12.6 Å². The Labute approximate surface area is 190 Å². The van der Waals surface area contributed by atoms with Crippen molar-refractivity contribution in [3.8, 4) is 0 Å². The second-order valence-electron chi connectivity index (χ2n) is 11.0. The van der Waals surface area contributed by atoms with Gasteiger partial charge in [-0.1, -0.05) is 45.4 Å². The highest BCUT2D eigenvalue weighted by atomic mass is 16.7. The van der Waals surface area contributed by atoms with Crippen LogP contribution in [-0.2, 0) is 19.1 Å². The van der Waals surface area contributed by atoms with Crippen LogP contribution in [0.5, 0.6) is 0 Å². The minimum absolute atomic E-state index is 0.0594. The largest absolute Gasteiger partial charge is 0.359 e. The lowest BCUT2D eigenvalue weighted by Crippen LogP contribution is -2.60. The van der Waals surface area contributed by atoms with E-state index in [1.165, 1.54) is 5.57 Å². The highest BCUT2D eigenvalue weighted by Gasteiger charge is 2.62. The van der Waals surface area contributed by atoms with E-state index >= 15 is 0 Å². The average molecular weight is 435 g/mol. The lowest BCUT2D eigenvalue weighted by atomic mass is 9.46. The van der Waals surface area contributed by atoms with Crippen molar-refractivity contribution in [2.45, 2.75) is 93.1 Å². The third kappa shape index (κ3) is 6.16. The van der Waals surface area contributed by atoms with Gasteiger partial charge in [-0.3, -0.25) is 9.59 Å². The van der Waals surface area contributed by atoms with Crippen LogP contribution in [-0.4, -0.2) is 31.1 Å². The third-order valence-corrected chi connectivity index (χ3v) is 7.35. The summed E-state index contributed by atoms with van der Waals surface area (Å²) in [7, 11) is 1.63. The molecule has 178 valence electrons. The van der Waals surface area contributed by atoms with Crippen LogP contribution in [0.3, 0.4) is 0 Å². The molecule has 0 aromatic carbocycles. The Bertz CT molecular complexity index is 667. The van der Waals surface area contributed by atoms with Gasteiger partial charge in [0.15, 0.2) is 5.78 Å². The van der Waals surface area contributed by atoms with Crippen molar-refractivity contribution < 1.29 is 19.1 Å². The fraction of sp³-hybridized carbons (Fsp3) is 0.778. The summed E-state index contributed by atoms with van der Waals surface area (Å²) in [5, 5.41) is 0. The molecule has 0 spiro atoms. The summed E-state index contributed by atoms with van der Waals surface area (Å²) < 4.78 is 11.0. The van der Waals surface area contributed by atoms with Crippen LogP contribution in [0, 0.1) is 28.6 Å². The van der Waals surface area contributed by atoms with Gasteiger partial charge in [-0.25, -0.2) is 0 Å². The molecule has 0 heterocycles. The van der Waals surface area contributed by atoms with Gasteiger partial charge in [0, 0.05) is 18.9 Å². The normalized spacial score (nSPS) is 26.1. The van der Waals surface area contributed by atoms with Crippen LogP contribution in [0.15, 0.2) is 24.3 Å². The highest BCUT2D eigenvalue weighted by Crippen LogP contribution is 2.58. The van der Waals surface area contributed by atoms with E-state index in [-0.39, 0.29) is 41.7 Å². The molecular weight excluding hydrogens is 388 g/mol. The zero-order valence-electron chi connectivity index (χ0n) is 21.5. The minimum Gasteiger partial charge on any atom is -0.359 e. The number of allylic oxidation sites excluding steroid dienone is 3.